The molecule has 1 heterocycles. The fourth-order valence-corrected chi connectivity index (χ4v) is 3.65. The Hall–Kier alpha value is -3.54. The summed E-state index contributed by atoms with van der Waals surface area (Å²) in [5.41, 5.74) is 4.78. The zero-order valence-electron chi connectivity index (χ0n) is 20.3. The molecule has 12 heteroatoms. The number of carbonyl (C=O) groups excluding carboxylic acids is 2. The molecule has 2 amide bonds. The second kappa shape index (κ2) is 11.2. The summed E-state index contributed by atoms with van der Waals surface area (Å²) in [4.78, 5) is 25.8. The predicted molar refractivity (Wildman–Crippen MR) is 124 cm³/mol. The minimum Gasteiger partial charge on any atom is -0.490 e. The summed E-state index contributed by atoms with van der Waals surface area (Å²) in [6, 6.07) is 9.12. The lowest BCUT2D eigenvalue weighted by Gasteiger charge is -2.35. The van der Waals surface area contributed by atoms with E-state index in [-0.39, 0.29) is 49.6 Å². The van der Waals surface area contributed by atoms with E-state index < -0.39 is 41.8 Å². The van der Waals surface area contributed by atoms with Gasteiger partial charge in [-0.25, -0.2) is 4.39 Å². The molecule has 202 valence electrons. The number of rotatable bonds is 9. The van der Waals surface area contributed by atoms with E-state index >= 15 is 4.39 Å². The molecule has 0 aromatic heterocycles. The minimum absolute atomic E-state index is 0.0225. The normalized spacial score (nSPS) is 18.3. The van der Waals surface area contributed by atoms with Gasteiger partial charge < -0.3 is 30.0 Å². The van der Waals surface area contributed by atoms with Gasteiger partial charge in [-0.15, -0.1) is 13.2 Å². The largest absolute Gasteiger partial charge is 0.573 e. The number of likely N-dealkylation sites (tertiary alicyclic amines) is 1. The third kappa shape index (κ3) is 8.52. The fourth-order valence-electron chi connectivity index (χ4n) is 3.65. The minimum atomic E-state index is -4.82. The van der Waals surface area contributed by atoms with Gasteiger partial charge >= 0.3 is 6.36 Å². The Labute approximate surface area is 210 Å². The molecule has 3 rings (SSSR count). The Morgan fingerprint density at radius 1 is 1.11 bits per heavy atom. The summed E-state index contributed by atoms with van der Waals surface area (Å²) in [6.45, 7) is 2.98. The molecule has 0 bridgehead atoms. The number of hydrogen-bond acceptors (Lipinski definition) is 6. The molecule has 0 spiro atoms. The van der Waals surface area contributed by atoms with Crippen LogP contribution in [0, 0.1) is 0 Å². The lowest BCUT2D eigenvalue weighted by Crippen LogP contribution is -2.49. The van der Waals surface area contributed by atoms with Crippen LogP contribution >= 0.6 is 0 Å². The first-order valence-corrected chi connectivity index (χ1v) is 11.4. The maximum absolute atomic E-state index is 15.0. The van der Waals surface area contributed by atoms with Crippen molar-refractivity contribution in [3.8, 4) is 17.2 Å². The lowest BCUT2D eigenvalue weighted by molar-refractivity contribution is -0.274. The summed E-state index contributed by atoms with van der Waals surface area (Å²) >= 11 is 0. The first kappa shape index (κ1) is 28.0. The van der Waals surface area contributed by atoms with Crippen LogP contribution in [0.5, 0.6) is 17.2 Å². The van der Waals surface area contributed by atoms with Crippen molar-refractivity contribution in [3.05, 3.63) is 53.6 Å². The maximum Gasteiger partial charge on any atom is 0.573 e. The van der Waals surface area contributed by atoms with Crippen molar-refractivity contribution in [1.82, 2.24) is 4.90 Å². The molecule has 2 aromatic rings. The number of aliphatic hydroxyl groups is 1. The van der Waals surface area contributed by atoms with Gasteiger partial charge in [-0.1, -0.05) is 12.1 Å². The third-order valence-corrected chi connectivity index (χ3v) is 5.44. The highest BCUT2D eigenvalue weighted by Gasteiger charge is 2.34. The summed E-state index contributed by atoms with van der Waals surface area (Å²) in [7, 11) is 0. The van der Waals surface area contributed by atoms with Crippen LogP contribution in [0.3, 0.4) is 0 Å². The molecule has 1 fully saturated rings. The van der Waals surface area contributed by atoms with Crippen LogP contribution in [-0.4, -0.2) is 65.8 Å². The summed E-state index contributed by atoms with van der Waals surface area (Å²) in [5, 5.41) is 9.84. The number of carbonyl (C=O) groups is 2. The monoisotopic (exact) mass is 528 g/mol. The molecule has 37 heavy (non-hydrogen) atoms. The van der Waals surface area contributed by atoms with E-state index in [2.05, 4.69) is 4.74 Å². The van der Waals surface area contributed by atoms with Gasteiger partial charge in [-0.05, 0) is 43.7 Å². The van der Waals surface area contributed by atoms with E-state index in [1.807, 2.05) is 0 Å². The highest BCUT2D eigenvalue weighted by molar-refractivity contribution is 5.95. The number of hydrogen-bond donors (Lipinski definition) is 2. The number of nitrogens with two attached hydrogens (primary N) is 1. The Kier molecular flexibility index (Phi) is 8.52. The number of nitrogens with zero attached hydrogens (tertiary/aromatic N) is 1. The highest BCUT2D eigenvalue weighted by Crippen LogP contribution is 2.29. The van der Waals surface area contributed by atoms with Gasteiger partial charge in [0.1, 0.15) is 30.0 Å². The molecule has 0 radical (unpaired) electrons. The number of piperidine rings is 1. The van der Waals surface area contributed by atoms with Gasteiger partial charge in [0, 0.05) is 19.0 Å². The molecule has 0 aliphatic carbocycles. The molecule has 1 saturated heterocycles. The molecule has 8 nitrogen and oxygen atoms in total. The summed E-state index contributed by atoms with van der Waals surface area (Å²) in [6.07, 6.45) is -7.37. The quantitative estimate of drug-likeness (QED) is 0.483. The first-order chi connectivity index (χ1) is 17.2. The molecule has 0 saturated carbocycles. The van der Waals surface area contributed by atoms with Crippen LogP contribution in [0.15, 0.2) is 42.5 Å². The van der Waals surface area contributed by atoms with Crippen LogP contribution in [0.2, 0.25) is 0 Å². The number of benzene rings is 2. The van der Waals surface area contributed by atoms with Crippen LogP contribution in [0.25, 0.3) is 0 Å². The summed E-state index contributed by atoms with van der Waals surface area (Å²) in [5.74, 6) is -1.27. The van der Waals surface area contributed by atoms with E-state index in [4.69, 9.17) is 15.2 Å². The maximum atomic E-state index is 15.0. The van der Waals surface area contributed by atoms with Crippen molar-refractivity contribution in [2.75, 3.05) is 19.7 Å². The smallest absolute Gasteiger partial charge is 0.490 e. The standard InChI is InChI=1S/C25H28F4N2O6/c1-24(2,34)14-35-17-7-8-18(23(30)33)21(12-17)36-20-9-10-31(13-19(20)26)22(32)11-15-3-5-16(6-4-15)37-25(27,28)29/h3-8,12,19-20,34H,9-11,13-14H2,1-2H3,(H2,30,33)/t19-,20+/m0/s1. The van der Waals surface area contributed by atoms with Gasteiger partial charge in [0.15, 0.2) is 6.17 Å². The zero-order valence-corrected chi connectivity index (χ0v) is 20.3. The van der Waals surface area contributed by atoms with E-state index in [1.54, 1.807) is 13.8 Å². The van der Waals surface area contributed by atoms with Gasteiger partial charge in [-0.3, -0.25) is 9.59 Å². The van der Waals surface area contributed by atoms with Crippen molar-refractivity contribution in [2.45, 2.75) is 50.9 Å². The Bertz CT molecular complexity index is 1100. The zero-order chi connectivity index (χ0) is 27.4. The van der Waals surface area contributed by atoms with E-state index in [0.29, 0.717) is 5.56 Å². The van der Waals surface area contributed by atoms with Gasteiger partial charge in [-0.2, -0.15) is 0 Å². The first-order valence-electron chi connectivity index (χ1n) is 11.4. The topological polar surface area (TPSA) is 111 Å². The molecule has 1 aliphatic rings. The van der Waals surface area contributed by atoms with Crippen LogP contribution in [-0.2, 0) is 11.2 Å². The second-order valence-electron chi connectivity index (χ2n) is 9.29. The van der Waals surface area contributed by atoms with E-state index in [1.165, 1.54) is 35.2 Å². The van der Waals surface area contributed by atoms with Crippen molar-refractivity contribution in [3.63, 3.8) is 0 Å². The Morgan fingerprint density at radius 2 is 1.76 bits per heavy atom. The van der Waals surface area contributed by atoms with Crippen molar-refractivity contribution >= 4 is 11.8 Å². The van der Waals surface area contributed by atoms with Crippen LogP contribution < -0.4 is 19.9 Å². The number of halogens is 4. The van der Waals surface area contributed by atoms with Crippen LogP contribution in [0.4, 0.5) is 17.6 Å². The predicted octanol–water partition coefficient (Wildman–Crippen LogP) is 3.39. The van der Waals surface area contributed by atoms with Crippen molar-refractivity contribution < 1.29 is 46.5 Å². The second-order valence-corrected chi connectivity index (χ2v) is 9.29. The highest BCUT2D eigenvalue weighted by atomic mass is 19.4. The van der Waals surface area contributed by atoms with Gasteiger partial charge in [0.25, 0.3) is 5.91 Å². The van der Waals surface area contributed by atoms with Gasteiger partial charge in [0.2, 0.25) is 5.91 Å². The molecule has 1 aliphatic heterocycles. The number of amides is 2. The number of alkyl halides is 4. The fraction of sp³-hybridized carbons (Fsp3) is 0.440. The third-order valence-electron chi connectivity index (χ3n) is 5.44. The number of ether oxygens (including phenoxy) is 3. The molecule has 2 atom stereocenters. The summed E-state index contributed by atoms with van der Waals surface area (Å²) < 4.78 is 67.0. The average Bonchev–Trinajstić information content (AvgIpc) is 2.79. The Morgan fingerprint density at radius 3 is 2.32 bits per heavy atom. The van der Waals surface area contributed by atoms with Crippen molar-refractivity contribution in [1.29, 1.82) is 0 Å². The molecular weight excluding hydrogens is 500 g/mol. The Balaban J connectivity index is 1.60. The molecule has 3 N–H and O–H groups in total. The molecule has 2 aromatic carbocycles. The van der Waals surface area contributed by atoms with Gasteiger partial charge in [0.05, 0.1) is 24.1 Å². The SMILES string of the molecule is CC(C)(O)COc1ccc(C(N)=O)c(O[C@@H]2CCN(C(=O)Cc3ccc(OC(F)(F)F)cc3)C[C@@H]2F)c1. The number of primary amides is 1. The lowest BCUT2D eigenvalue weighted by atomic mass is 10.0. The van der Waals surface area contributed by atoms with Crippen LogP contribution in [0.1, 0.15) is 36.2 Å². The van der Waals surface area contributed by atoms with E-state index in [9.17, 15) is 27.9 Å². The van der Waals surface area contributed by atoms with E-state index in [0.717, 1.165) is 12.1 Å². The molecule has 0 unspecified atom stereocenters. The van der Waals surface area contributed by atoms with Crippen molar-refractivity contribution in [2.24, 2.45) is 5.73 Å². The molecular formula is C25H28F4N2O6. The average molecular weight is 528 g/mol.